The fraction of sp³-hybridized carbons (Fsp3) is 0.562. The zero-order valence-electron chi connectivity index (χ0n) is 12.2. The van der Waals surface area contributed by atoms with Crippen LogP contribution in [0.15, 0.2) is 18.2 Å². The van der Waals surface area contributed by atoms with Crippen molar-refractivity contribution in [1.82, 2.24) is 5.32 Å². The highest BCUT2D eigenvalue weighted by molar-refractivity contribution is 5.89. The van der Waals surface area contributed by atoms with Crippen LogP contribution in [-0.4, -0.2) is 25.2 Å². The molecule has 4 nitrogen and oxygen atoms in total. The van der Waals surface area contributed by atoms with Crippen LogP contribution in [0.5, 0.6) is 0 Å². The summed E-state index contributed by atoms with van der Waals surface area (Å²) in [7, 11) is 0. The summed E-state index contributed by atoms with van der Waals surface area (Å²) in [5.41, 5.74) is 1.14. The normalized spacial score (nSPS) is 19.0. The minimum Gasteiger partial charge on any atom is -0.369 e. The van der Waals surface area contributed by atoms with Gasteiger partial charge in [-0.15, -0.1) is 0 Å². The number of hydrogen-bond acceptors (Lipinski definition) is 2. The summed E-state index contributed by atoms with van der Waals surface area (Å²) in [6.07, 6.45) is 6.64. The van der Waals surface area contributed by atoms with Crippen LogP contribution in [0.1, 0.15) is 38.5 Å². The van der Waals surface area contributed by atoms with Crippen LogP contribution in [0.4, 0.5) is 20.6 Å². The molecule has 5 heteroatoms. The predicted molar refractivity (Wildman–Crippen MR) is 82.3 cm³/mol. The van der Waals surface area contributed by atoms with Crippen molar-refractivity contribution in [2.75, 3.05) is 23.3 Å². The van der Waals surface area contributed by atoms with Gasteiger partial charge in [-0.2, -0.15) is 0 Å². The molecule has 2 fully saturated rings. The molecular formula is C16H22FN3O. The van der Waals surface area contributed by atoms with Gasteiger partial charge in [0.05, 0.1) is 5.69 Å². The molecule has 2 aliphatic rings. The molecule has 0 atom stereocenters. The van der Waals surface area contributed by atoms with Crippen LogP contribution in [0.25, 0.3) is 0 Å². The monoisotopic (exact) mass is 291 g/mol. The summed E-state index contributed by atoms with van der Waals surface area (Å²) < 4.78 is 14.1. The zero-order chi connectivity index (χ0) is 14.7. The molecule has 1 saturated carbocycles. The molecular weight excluding hydrogens is 269 g/mol. The van der Waals surface area contributed by atoms with E-state index in [0.717, 1.165) is 38.8 Å². The third-order valence-electron chi connectivity index (χ3n) is 4.34. The first-order valence-electron chi connectivity index (χ1n) is 7.84. The topological polar surface area (TPSA) is 44.4 Å². The summed E-state index contributed by atoms with van der Waals surface area (Å²) in [6, 6.07) is 4.95. The highest BCUT2D eigenvalue weighted by atomic mass is 19.1. The molecule has 2 N–H and O–H groups in total. The van der Waals surface area contributed by atoms with Crippen molar-refractivity contribution in [2.24, 2.45) is 0 Å². The van der Waals surface area contributed by atoms with E-state index in [1.807, 2.05) is 0 Å². The fourth-order valence-corrected chi connectivity index (χ4v) is 3.22. The van der Waals surface area contributed by atoms with Gasteiger partial charge < -0.3 is 15.5 Å². The highest BCUT2D eigenvalue weighted by Gasteiger charge is 2.18. The van der Waals surface area contributed by atoms with Gasteiger partial charge in [0.2, 0.25) is 0 Å². The third kappa shape index (κ3) is 3.46. The second-order valence-corrected chi connectivity index (χ2v) is 5.94. The molecule has 0 radical (unpaired) electrons. The molecule has 1 aliphatic carbocycles. The summed E-state index contributed by atoms with van der Waals surface area (Å²) in [6.45, 7) is 1.82. The number of urea groups is 1. The Bertz CT molecular complexity index is 508. The van der Waals surface area contributed by atoms with E-state index >= 15 is 0 Å². The molecule has 1 aromatic rings. The molecule has 1 aliphatic heterocycles. The largest absolute Gasteiger partial charge is 0.369 e. The number of anilines is 2. The van der Waals surface area contributed by atoms with Crippen LogP contribution in [0.3, 0.4) is 0 Å². The second-order valence-electron chi connectivity index (χ2n) is 5.94. The molecule has 0 aromatic heterocycles. The van der Waals surface area contributed by atoms with Crippen molar-refractivity contribution >= 4 is 17.4 Å². The Morgan fingerprint density at radius 2 is 1.86 bits per heavy atom. The van der Waals surface area contributed by atoms with Crippen molar-refractivity contribution < 1.29 is 9.18 Å². The maximum Gasteiger partial charge on any atom is 0.319 e. The Morgan fingerprint density at radius 1 is 1.14 bits per heavy atom. The molecule has 3 rings (SSSR count). The van der Waals surface area contributed by atoms with Crippen LogP contribution < -0.4 is 15.5 Å². The zero-order valence-corrected chi connectivity index (χ0v) is 12.2. The summed E-state index contributed by atoms with van der Waals surface area (Å²) in [5.74, 6) is -0.268. The number of carbonyl (C=O) groups is 1. The predicted octanol–water partition coefficient (Wildman–Crippen LogP) is 3.49. The highest BCUT2D eigenvalue weighted by Crippen LogP contribution is 2.26. The van der Waals surface area contributed by atoms with E-state index in [4.69, 9.17) is 0 Å². The summed E-state index contributed by atoms with van der Waals surface area (Å²) in [5, 5.41) is 5.65. The average molecular weight is 291 g/mol. The van der Waals surface area contributed by atoms with Gasteiger partial charge in [-0.3, -0.25) is 0 Å². The van der Waals surface area contributed by atoms with Gasteiger partial charge in [-0.25, -0.2) is 9.18 Å². The molecule has 1 saturated heterocycles. The molecule has 114 valence electrons. The molecule has 0 spiro atoms. The van der Waals surface area contributed by atoms with E-state index in [-0.39, 0.29) is 17.9 Å². The molecule has 1 heterocycles. The van der Waals surface area contributed by atoms with Crippen molar-refractivity contribution in [2.45, 2.75) is 44.6 Å². The molecule has 0 unspecified atom stereocenters. The van der Waals surface area contributed by atoms with Crippen molar-refractivity contribution in [1.29, 1.82) is 0 Å². The number of hydrogen-bond donors (Lipinski definition) is 2. The van der Waals surface area contributed by atoms with Gasteiger partial charge in [-0.05, 0) is 43.9 Å². The third-order valence-corrected chi connectivity index (χ3v) is 4.34. The first kappa shape index (κ1) is 14.2. The van der Waals surface area contributed by atoms with E-state index in [9.17, 15) is 9.18 Å². The van der Waals surface area contributed by atoms with Crippen molar-refractivity contribution in [3.05, 3.63) is 24.0 Å². The van der Waals surface area contributed by atoms with Gasteiger partial charge in [0.1, 0.15) is 5.82 Å². The lowest BCUT2D eigenvalue weighted by Gasteiger charge is -2.19. The molecule has 1 aromatic carbocycles. The SMILES string of the molecule is O=C(Nc1ccc(N2CCCC2)c(F)c1)NC1CCCC1. The maximum absolute atomic E-state index is 14.1. The van der Waals surface area contributed by atoms with Crippen LogP contribution in [0.2, 0.25) is 0 Å². The number of nitrogens with zero attached hydrogens (tertiary/aromatic N) is 1. The summed E-state index contributed by atoms with van der Waals surface area (Å²) >= 11 is 0. The average Bonchev–Trinajstić information content (AvgIpc) is 3.11. The van der Waals surface area contributed by atoms with Crippen LogP contribution in [0, 0.1) is 5.82 Å². The van der Waals surface area contributed by atoms with Crippen LogP contribution in [-0.2, 0) is 0 Å². The minimum atomic E-state index is -0.268. The molecule has 2 amide bonds. The van der Waals surface area contributed by atoms with Gasteiger partial charge in [0.15, 0.2) is 0 Å². The standard InChI is InChI=1S/C16H22FN3O/c17-14-11-13(7-8-15(14)20-9-3-4-10-20)19-16(21)18-12-5-1-2-6-12/h7-8,11-12H,1-6,9-10H2,(H2,18,19,21). The first-order chi connectivity index (χ1) is 10.2. The Kier molecular flexibility index (Phi) is 4.27. The van der Waals surface area contributed by atoms with Gasteiger partial charge >= 0.3 is 6.03 Å². The lowest BCUT2D eigenvalue weighted by Crippen LogP contribution is -2.36. The Morgan fingerprint density at radius 3 is 2.52 bits per heavy atom. The van der Waals surface area contributed by atoms with E-state index in [1.54, 1.807) is 12.1 Å². The maximum atomic E-state index is 14.1. The van der Waals surface area contributed by atoms with E-state index in [1.165, 1.54) is 18.9 Å². The van der Waals surface area contributed by atoms with Gasteiger partial charge in [-0.1, -0.05) is 12.8 Å². The molecule has 21 heavy (non-hydrogen) atoms. The number of amides is 2. The van der Waals surface area contributed by atoms with Crippen LogP contribution >= 0.6 is 0 Å². The number of benzene rings is 1. The van der Waals surface area contributed by atoms with E-state index < -0.39 is 0 Å². The Hall–Kier alpha value is -1.78. The van der Waals surface area contributed by atoms with Crippen molar-refractivity contribution in [3.8, 4) is 0 Å². The van der Waals surface area contributed by atoms with Gasteiger partial charge in [0, 0.05) is 24.8 Å². The smallest absolute Gasteiger partial charge is 0.319 e. The van der Waals surface area contributed by atoms with Crippen molar-refractivity contribution in [3.63, 3.8) is 0 Å². The Labute approximate surface area is 124 Å². The number of nitrogens with one attached hydrogen (secondary N) is 2. The number of halogens is 1. The summed E-state index contributed by atoms with van der Waals surface area (Å²) in [4.78, 5) is 13.9. The number of rotatable bonds is 3. The first-order valence-corrected chi connectivity index (χ1v) is 7.84. The quantitative estimate of drug-likeness (QED) is 0.895. The lowest BCUT2D eigenvalue weighted by molar-refractivity contribution is 0.248. The van der Waals surface area contributed by atoms with E-state index in [0.29, 0.717) is 11.4 Å². The number of carbonyl (C=O) groups excluding carboxylic acids is 1. The molecule has 0 bridgehead atoms. The Balaban J connectivity index is 1.60. The fourth-order valence-electron chi connectivity index (χ4n) is 3.22. The van der Waals surface area contributed by atoms with E-state index in [2.05, 4.69) is 15.5 Å². The minimum absolute atomic E-state index is 0.241. The van der Waals surface area contributed by atoms with Gasteiger partial charge in [0.25, 0.3) is 0 Å². The lowest BCUT2D eigenvalue weighted by atomic mass is 10.2. The second kappa shape index (κ2) is 6.33.